The van der Waals surface area contributed by atoms with Crippen molar-refractivity contribution < 1.29 is 0 Å². The summed E-state index contributed by atoms with van der Waals surface area (Å²) in [5.41, 5.74) is 2.57. The van der Waals surface area contributed by atoms with E-state index in [1.165, 1.54) is 24.0 Å². The van der Waals surface area contributed by atoms with Crippen molar-refractivity contribution in [3.8, 4) is 0 Å². The predicted octanol–water partition coefficient (Wildman–Crippen LogP) is 3.63. The van der Waals surface area contributed by atoms with Crippen LogP contribution >= 0.6 is 0 Å². The zero-order valence-corrected chi connectivity index (χ0v) is 13.4. The first kappa shape index (κ1) is 14.8. The van der Waals surface area contributed by atoms with Gasteiger partial charge in [0.25, 0.3) is 0 Å². The topological polar surface area (TPSA) is 41.1 Å². The SMILES string of the molecule is Cc1ccccc1CNc1nccc(N2CCC(C)CC2)n1. The fourth-order valence-electron chi connectivity index (χ4n) is 2.83. The van der Waals surface area contributed by atoms with E-state index in [4.69, 9.17) is 0 Å². The molecular formula is C18H24N4. The summed E-state index contributed by atoms with van der Waals surface area (Å²) in [6, 6.07) is 10.4. The van der Waals surface area contributed by atoms with E-state index < -0.39 is 0 Å². The molecule has 116 valence electrons. The first-order valence-corrected chi connectivity index (χ1v) is 8.09. The lowest BCUT2D eigenvalue weighted by Gasteiger charge is -2.31. The number of nitrogens with zero attached hydrogens (tertiary/aromatic N) is 3. The molecule has 1 saturated heterocycles. The van der Waals surface area contributed by atoms with E-state index in [9.17, 15) is 0 Å². The molecule has 4 heteroatoms. The number of nitrogens with one attached hydrogen (secondary N) is 1. The molecule has 0 bridgehead atoms. The number of anilines is 2. The normalized spacial score (nSPS) is 15.8. The van der Waals surface area contributed by atoms with E-state index in [0.717, 1.165) is 31.4 Å². The molecule has 0 aliphatic carbocycles. The number of rotatable bonds is 4. The highest BCUT2D eigenvalue weighted by Gasteiger charge is 2.17. The number of hydrogen-bond donors (Lipinski definition) is 1. The van der Waals surface area contributed by atoms with Gasteiger partial charge in [-0.15, -0.1) is 0 Å². The molecule has 0 atom stereocenters. The molecule has 22 heavy (non-hydrogen) atoms. The fraction of sp³-hybridized carbons (Fsp3) is 0.444. The van der Waals surface area contributed by atoms with Gasteiger partial charge in [0.2, 0.25) is 5.95 Å². The van der Waals surface area contributed by atoms with Gasteiger partial charge in [0.15, 0.2) is 0 Å². The highest BCUT2D eigenvalue weighted by atomic mass is 15.2. The van der Waals surface area contributed by atoms with Gasteiger partial charge in [-0.25, -0.2) is 4.98 Å². The summed E-state index contributed by atoms with van der Waals surface area (Å²) in [6.45, 7) is 7.40. The van der Waals surface area contributed by atoms with Gasteiger partial charge in [-0.2, -0.15) is 4.98 Å². The number of piperidine rings is 1. The summed E-state index contributed by atoms with van der Waals surface area (Å²) in [5.74, 6) is 2.57. The van der Waals surface area contributed by atoms with Crippen LogP contribution in [0.15, 0.2) is 36.5 Å². The summed E-state index contributed by atoms with van der Waals surface area (Å²) in [5, 5.41) is 3.34. The van der Waals surface area contributed by atoms with Crippen molar-refractivity contribution >= 4 is 11.8 Å². The largest absolute Gasteiger partial charge is 0.356 e. The zero-order chi connectivity index (χ0) is 15.4. The smallest absolute Gasteiger partial charge is 0.224 e. The minimum absolute atomic E-state index is 0.708. The Labute approximate surface area is 132 Å². The Hall–Kier alpha value is -2.10. The molecule has 0 amide bonds. The fourth-order valence-corrected chi connectivity index (χ4v) is 2.83. The van der Waals surface area contributed by atoms with E-state index in [0.29, 0.717) is 5.95 Å². The molecular weight excluding hydrogens is 272 g/mol. The van der Waals surface area contributed by atoms with E-state index in [2.05, 4.69) is 58.3 Å². The van der Waals surface area contributed by atoms with Crippen LogP contribution < -0.4 is 10.2 Å². The average Bonchev–Trinajstić information content (AvgIpc) is 2.55. The first-order chi connectivity index (χ1) is 10.7. The van der Waals surface area contributed by atoms with Gasteiger partial charge < -0.3 is 10.2 Å². The summed E-state index contributed by atoms with van der Waals surface area (Å²) < 4.78 is 0. The van der Waals surface area contributed by atoms with Gasteiger partial charge in [-0.1, -0.05) is 31.2 Å². The van der Waals surface area contributed by atoms with Crippen LogP contribution in [0, 0.1) is 12.8 Å². The lowest BCUT2D eigenvalue weighted by atomic mass is 9.99. The standard InChI is InChI=1S/C18H24N4/c1-14-8-11-22(12-9-14)17-7-10-19-18(21-17)20-13-16-6-4-3-5-15(16)2/h3-7,10,14H,8-9,11-13H2,1-2H3,(H,19,20,21). The Kier molecular flexibility index (Phi) is 4.56. The third-order valence-corrected chi connectivity index (χ3v) is 4.45. The molecule has 1 fully saturated rings. The molecule has 0 spiro atoms. The highest BCUT2D eigenvalue weighted by Crippen LogP contribution is 2.21. The van der Waals surface area contributed by atoms with Crippen molar-refractivity contribution in [2.24, 2.45) is 5.92 Å². The molecule has 2 aromatic rings. The van der Waals surface area contributed by atoms with Gasteiger partial charge in [0, 0.05) is 25.8 Å². The average molecular weight is 296 g/mol. The second kappa shape index (κ2) is 6.77. The molecule has 1 aromatic heterocycles. The van der Waals surface area contributed by atoms with Crippen LogP contribution in [0.25, 0.3) is 0 Å². The van der Waals surface area contributed by atoms with Gasteiger partial charge >= 0.3 is 0 Å². The van der Waals surface area contributed by atoms with E-state index in [-0.39, 0.29) is 0 Å². The van der Waals surface area contributed by atoms with Crippen LogP contribution in [0.2, 0.25) is 0 Å². The number of hydrogen-bond acceptors (Lipinski definition) is 4. The summed E-state index contributed by atoms with van der Waals surface area (Å²) >= 11 is 0. The van der Waals surface area contributed by atoms with Crippen LogP contribution in [0.3, 0.4) is 0 Å². The van der Waals surface area contributed by atoms with E-state index in [1.54, 1.807) is 0 Å². The van der Waals surface area contributed by atoms with Crippen molar-refractivity contribution in [3.05, 3.63) is 47.7 Å². The molecule has 4 nitrogen and oxygen atoms in total. The minimum atomic E-state index is 0.708. The van der Waals surface area contributed by atoms with Crippen molar-refractivity contribution in [2.75, 3.05) is 23.3 Å². The van der Waals surface area contributed by atoms with Crippen LogP contribution in [0.5, 0.6) is 0 Å². The minimum Gasteiger partial charge on any atom is -0.356 e. The molecule has 0 unspecified atom stereocenters. The molecule has 0 saturated carbocycles. The Morgan fingerprint density at radius 2 is 1.95 bits per heavy atom. The van der Waals surface area contributed by atoms with Crippen molar-refractivity contribution in [3.63, 3.8) is 0 Å². The predicted molar refractivity (Wildman–Crippen MR) is 91.1 cm³/mol. The van der Waals surface area contributed by atoms with E-state index >= 15 is 0 Å². The van der Waals surface area contributed by atoms with Gasteiger partial charge in [-0.3, -0.25) is 0 Å². The lowest BCUT2D eigenvalue weighted by Crippen LogP contribution is -2.33. The maximum absolute atomic E-state index is 4.67. The quantitative estimate of drug-likeness (QED) is 0.935. The van der Waals surface area contributed by atoms with E-state index in [1.807, 2.05) is 12.3 Å². The van der Waals surface area contributed by atoms with Crippen LogP contribution in [-0.2, 0) is 6.54 Å². The van der Waals surface area contributed by atoms with Crippen molar-refractivity contribution in [2.45, 2.75) is 33.2 Å². The maximum atomic E-state index is 4.67. The van der Waals surface area contributed by atoms with Gasteiger partial charge in [0.1, 0.15) is 5.82 Å². The highest BCUT2D eigenvalue weighted by molar-refractivity contribution is 5.43. The second-order valence-electron chi connectivity index (χ2n) is 6.19. The van der Waals surface area contributed by atoms with Crippen molar-refractivity contribution in [1.82, 2.24) is 9.97 Å². The molecule has 3 rings (SSSR count). The Bertz CT molecular complexity index is 618. The van der Waals surface area contributed by atoms with Gasteiger partial charge in [0.05, 0.1) is 0 Å². The molecule has 1 N–H and O–H groups in total. The molecule has 0 radical (unpaired) electrons. The molecule has 1 aromatic carbocycles. The molecule has 2 heterocycles. The lowest BCUT2D eigenvalue weighted by molar-refractivity contribution is 0.436. The Morgan fingerprint density at radius 1 is 1.18 bits per heavy atom. The number of aryl methyl sites for hydroxylation is 1. The van der Waals surface area contributed by atoms with Crippen LogP contribution in [0.1, 0.15) is 30.9 Å². The van der Waals surface area contributed by atoms with Crippen LogP contribution in [0.4, 0.5) is 11.8 Å². The molecule has 1 aliphatic heterocycles. The summed E-state index contributed by atoms with van der Waals surface area (Å²) in [6.07, 6.45) is 4.34. The monoisotopic (exact) mass is 296 g/mol. The summed E-state index contributed by atoms with van der Waals surface area (Å²) in [7, 11) is 0. The summed E-state index contributed by atoms with van der Waals surface area (Å²) in [4.78, 5) is 11.4. The number of aromatic nitrogens is 2. The third kappa shape index (κ3) is 3.56. The van der Waals surface area contributed by atoms with Gasteiger partial charge in [-0.05, 0) is 42.9 Å². The Morgan fingerprint density at radius 3 is 2.73 bits per heavy atom. The first-order valence-electron chi connectivity index (χ1n) is 8.09. The molecule has 1 aliphatic rings. The maximum Gasteiger partial charge on any atom is 0.224 e. The van der Waals surface area contributed by atoms with Crippen molar-refractivity contribution in [1.29, 1.82) is 0 Å². The second-order valence-corrected chi connectivity index (χ2v) is 6.19. The number of benzene rings is 1. The third-order valence-electron chi connectivity index (χ3n) is 4.45. The van der Waals surface area contributed by atoms with Crippen LogP contribution in [-0.4, -0.2) is 23.1 Å². The zero-order valence-electron chi connectivity index (χ0n) is 13.4. The Balaban J connectivity index is 1.65.